The number of furan rings is 1. The Morgan fingerprint density at radius 2 is 1.61 bits per heavy atom. The fourth-order valence-electron chi connectivity index (χ4n) is 5.86. The van der Waals surface area contributed by atoms with E-state index in [4.69, 9.17) is 24.8 Å². The average Bonchev–Trinajstić information content (AvgIpc) is 3.59. The molecular weight excluding hydrogens is 578 g/mol. The summed E-state index contributed by atoms with van der Waals surface area (Å²) < 4.78 is 5.68. The van der Waals surface area contributed by atoms with E-state index < -0.39 is 48.0 Å². The molecule has 0 aliphatic carbocycles. The molecule has 0 saturated carbocycles. The molecule has 0 radical (unpaired) electrons. The molecule has 2 saturated heterocycles. The van der Waals surface area contributed by atoms with Gasteiger partial charge in [-0.1, -0.05) is 12.1 Å². The Kier molecular flexibility index (Phi) is 9.76. The fraction of sp³-hybridized carbons (Fsp3) is 0.500. The van der Waals surface area contributed by atoms with Crippen molar-refractivity contribution < 1.29 is 53.9 Å². The number of likely N-dealkylation sites (tertiary alicyclic amines) is 1. The van der Waals surface area contributed by atoms with Gasteiger partial charge in [-0.25, -0.2) is 4.79 Å². The van der Waals surface area contributed by atoms with Gasteiger partial charge in [0.25, 0.3) is 5.91 Å². The Bertz CT molecular complexity index is 1400. The topological polar surface area (TPSA) is 209 Å². The quantitative estimate of drug-likeness (QED) is 0.271. The Labute approximate surface area is 253 Å². The van der Waals surface area contributed by atoms with Crippen LogP contribution in [-0.4, -0.2) is 108 Å². The molecule has 2 aromatic rings. The summed E-state index contributed by atoms with van der Waals surface area (Å²) in [5.74, 6) is -3.34. The fourth-order valence-corrected chi connectivity index (χ4v) is 5.86. The minimum absolute atomic E-state index is 0.0716. The minimum Gasteiger partial charge on any atom is -0.481 e. The van der Waals surface area contributed by atoms with Gasteiger partial charge in [0.2, 0.25) is 5.91 Å². The summed E-state index contributed by atoms with van der Waals surface area (Å²) in [5, 5.41) is 45.2. The third-order valence-corrected chi connectivity index (χ3v) is 8.19. The molecule has 238 valence electrons. The lowest BCUT2D eigenvalue weighted by atomic mass is 9.90. The molecule has 4 heterocycles. The summed E-state index contributed by atoms with van der Waals surface area (Å²) in [5.41, 5.74) is -2.55. The van der Waals surface area contributed by atoms with E-state index in [2.05, 4.69) is 4.90 Å². The number of carbonyl (C=O) groups is 5. The standard InChI is InChI=1S/C24H29N3O4.C6H8O7/c1-17-8-9-18(31-17)15-25-13-10-24(30,11-14-25)16-27-20-6-3-2-5-19(20)22(28)26-12-4-7-21(26)23(27)29;7-3(8)1-6(13,5(11)12)2-4(9)10/h2-3,5-6,8-9,21,30H,4,7,10-16H2,1H3;13H,1-2H2,(H,7,8)(H,9,10)(H,11,12). The van der Waals surface area contributed by atoms with Crippen LogP contribution in [0.25, 0.3) is 0 Å². The summed E-state index contributed by atoms with van der Waals surface area (Å²) in [7, 11) is 0. The van der Waals surface area contributed by atoms with Crippen LogP contribution in [0.3, 0.4) is 0 Å². The maximum atomic E-state index is 13.5. The van der Waals surface area contributed by atoms with Crippen LogP contribution in [0, 0.1) is 6.92 Å². The number of aliphatic carboxylic acids is 3. The highest BCUT2D eigenvalue weighted by Gasteiger charge is 2.45. The third kappa shape index (κ3) is 7.44. The Morgan fingerprint density at radius 3 is 2.18 bits per heavy atom. The lowest BCUT2D eigenvalue weighted by Crippen LogP contribution is -2.54. The number of hydrogen-bond acceptors (Lipinski definition) is 9. The maximum Gasteiger partial charge on any atom is 0.336 e. The molecular formula is C30H37N3O11. The second-order valence-corrected chi connectivity index (χ2v) is 11.6. The van der Waals surface area contributed by atoms with Gasteiger partial charge in [-0.15, -0.1) is 0 Å². The number of carboxylic acid groups (broad SMARTS) is 3. The van der Waals surface area contributed by atoms with Crippen molar-refractivity contribution in [2.45, 2.75) is 69.2 Å². The molecule has 3 aliphatic rings. The monoisotopic (exact) mass is 615 g/mol. The first-order chi connectivity index (χ1) is 20.7. The van der Waals surface area contributed by atoms with Crippen molar-refractivity contribution in [3.8, 4) is 0 Å². The second-order valence-electron chi connectivity index (χ2n) is 11.6. The van der Waals surface area contributed by atoms with Crippen molar-refractivity contribution in [2.75, 3.05) is 31.1 Å². The van der Waals surface area contributed by atoms with Gasteiger partial charge in [-0.2, -0.15) is 0 Å². The summed E-state index contributed by atoms with van der Waals surface area (Å²) in [6, 6.07) is 10.8. The molecule has 1 atom stereocenters. The summed E-state index contributed by atoms with van der Waals surface area (Å²) >= 11 is 0. The van der Waals surface area contributed by atoms with Crippen molar-refractivity contribution in [3.05, 3.63) is 53.5 Å². The van der Waals surface area contributed by atoms with Crippen LogP contribution in [0.4, 0.5) is 5.69 Å². The van der Waals surface area contributed by atoms with Crippen molar-refractivity contribution in [3.63, 3.8) is 0 Å². The number of piperidine rings is 1. The van der Waals surface area contributed by atoms with Crippen molar-refractivity contribution in [1.82, 2.24) is 9.80 Å². The number of β-amino-alcohol motifs (C(OH)–C–C–N with tert-alkyl or cyclic N) is 1. The number of amides is 2. The summed E-state index contributed by atoms with van der Waals surface area (Å²) in [6.07, 6.45) is 0.374. The summed E-state index contributed by atoms with van der Waals surface area (Å²) in [4.78, 5) is 62.7. The van der Waals surface area contributed by atoms with Gasteiger partial charge >= 0.3 is 17.9 Å². The Hall–Kier alpha value is -4.27. The summed E-state index contributed by atoms with van der Waals surface area (Å²) in [6.45, 7) is 4.95. The zero-order valence-electron chi connectivity index (χ0n) is 24.3. The highest BCUT2D eigenvalue weighted by atomic mass is 16.4. The normalized spacial score (nSPS) is 19.8. The molecule has 3 aliphatic heterocycles. The number of carbonyl (C=O) groups excluding carboxylic acids is 2. The Balaban J connectivity index is 0.000000289. The van der Waals surface area contributed by atoms with E-state index in [1.54, 1.807) is 15.9 Å². The van der Waals surface area contributed by atoms with E-state index in [-0.39, 0.29) is 18.4 Å². The van der Waals surface area contributed by atoms with Gasteiger partial charge in [0.1, 0.15) is 17.6 Å². The van der Waals surface area contributed by atoms with Gasteiger partial charge in [0, 0.05) is 19.6 Å². The molecule has 14 heteroatoms. The number of carboxylic acids is 3. The van der Waals surface area contributed by atoms with Gasteiger partial charge in [0.05, 0.1) is 42.8 Å². The first-order valence-electron chi connectivity index (χ1n) is 14.3. The number of para-hydroxylation sites is 1. The van der Waals surface area contributed by atoms with Crippen molar-refractivity contribution >= 4 is 35.4 Å². The van der Waals surface area contributed by atoms with Gasteiger partial charge in [-0.05, 0) is 56.9 Å². The SMILES string of the molecule is Cc1ccc(CN2CCC(O)(CN3C(=O)C4CCCN4C(=O)c4ccccc43)CC2)o1.O=C(O)CC(O)(CC(=O)O)C(=O)O. The number of rotatable bonds is 9. The zero-order chi connectivity index (χ0) is 32.2. The van der Waals surface area contributed by atoms with E-state index in [9.17, 15) is 29.1 Å². The second kappa shape index (κ2) is 13.2. The van der Waals surface area contributed by atoms with Gasteiger partial charge in [0.15, 0.2) is 5.60 Å². The minimum atomic E-state index is -2.74. The molecule has 2 fully saturated rings. The number of hydrogen-bond donors (Lipinski definition) is 5. The average molecular weight is 616 g/mol. The highest BCUT2D eigenvalue weighted by molar-refractivity contribution is 6.11. The molecule has 5 N–H and O–H groups in total. The number of anilines is 1. The van der Waals surface area contributed by atoms with Crippen LogP contribution in [0.1, 0.15) is 60.4 Å². The zero-order valence-corrected chi connectivity index (χ0v) is 24.3. The maximum absolute atomic E-state index is 13.5. The highest BCUT2D eigenvalue weighted by Crippen LogP contribution is 2.35. The van der Waals surface area contributed by atoms with E-state index in [0.29, 0.717) is 37.1 Å². The third-order valence-electron chi connectivity index (χ3n) is 8.19. The molecule has 14 nitrogen and oxygen atoms in total. The number of nitrogens with zero attached hydrogens (tertiary/aromatic N) is 3. The number of fused-ring (bicyclic) bond motifs is 2. The van der Waals surface area contributed by atoms with Crippen LogP contribution >= 0.6 is 0 Å². The van der Waals surface area contributed by atoms with E-state index >= 15 is 0 Å². The predicted molar refractivity (Wildman–Crippen MR) is 153 cm³/mol. The predicted octanol–water partition coefficient (Wildman–Crippen LogP) is 1.32. The van der Waals surface area contributed by atoms with Crippen LogP contribution in [0.2, 0.25) is 0 Å². The van der Waals surface area contributed by atoms with Gasteiger partial charge in [-0.3, -0.25) is 24.1 Å². The lowest BCUT2D eigenvalue weighted by molar-refractivity contribution is -0.170. The van der Waals surface area contributed by atoms with E-state index in [0.717, 1.165) is 37.6 Å². The van der Waals surface area contributed by atoms with E-state index in [1.165, 1.54) is 0 Å². The molecule has 1 aromatic heterocycles. The first-order valence-corrected chi connectivity index (χ1v) is 14.3. The molecule has 5 rings (SSSR count). The van der Waals surface area contributed by atoms with Crippen LogP contribution < -0.4 is 4.90 Å². The first kappa shape index (κ1) is 32.6. The molecule has 44 heavy (non-hydrogen) atoms. The molecule has 1 aromatic carbocycles. The van der Waals surface area contributed by atoms with Crippen LogP contribution in [0.5, 0.6) is 0 Å². The molecule has 2 amide bonds. The van der Waals surface area contributed by atoms with E-state index in [1.807, 2.05) is 37.3 Å². The van der Waals surface area contributed by atoms with Gasteiger partial charge < -0.3 is 39.7 Å². The van der Waals surface area contributed by atoms with Crippen molar-refractivity contribution in [2.24, 2.45) is 0 Å². The smallest absolute Gasteiger partial charge is 0.336 e. The van der Waals surface area contributed by atoms with Crippen molar-refractivity contribution in [1.29, 1.82) is 0 Å². The molecule has 1 unspecified atom stereocenters. The largest absolute Gasteiger partial charge is 0.481 e. The number of benzene rings is 1. The molecule has 0 spiro atoms. The Morgan fingerprint density at radius 1 is 0.977 bits per heavy atom. The molecule has 0 bridgehead atoms. The van der Waals surface area contributed by atoms with Crippen LogP contribution in [-0.2, 0) is 25.7 Å². The van der Waals surface area contributed by atoms with Crippen LogP contribution in [0.15, 0.2) is 40.8 Å². The lowest BCUT2D eigenvalue weighted by Gasteiger charge is -2.41. The number of aryl methyl sites for hydroxylation is 1. The number of aliphatic hydroxyl groups is 2.